The summed E-state index contributed by atoms with van der Waals surface area (Å²) in [5, 5.41) is 98.9. The van der Waals surface area contributed by atoms with Crippen LogP contribution < -0.4 is 5.32 Å². The number of ether oxygens (including phenoxy) is 9. The van der Waals surface area contributed by atoms with Crippen molar-refractivity contribution in [3.8, 4) is 0 Å². The van der Waals surface area contributed by atoms with E-state index in [4.69, 9.17) is 42.6 Å². The summed E-state index contributed by atoms with van der Waals surface area (Å²) in [5.41, 5.74) is 0. The van der Waals surface area contributed by atoms with Crippen LogP contribution in [0.15, 0.2) is 0 Å². The molecule has 0 saturated carbocycles. The van der Waals surface area contributed by atoms with E-state index >= 15 is 0 Å². The fourth-order valence-electron chi connectivity index (χ4n) is 6.46. The fraction of sp³-hybridized carbons (Fsp3) is 0.903. The van der Waals surface area contributed by atoms with Gasteiger partial charge in [-0.3, -0.25) is 9.59 Å². The number of aliphatic hydroxyl groups excluding tert-OH is 8. The fourth-order valence-corrected chi connectivity index (χ4v) is 6.46. The Morgan fingerprint density at radius 3 is 1.79 bits per heavy atom. The van der Waals surface area contributed by atoms with Gasteiger partial charge in [0.25, 0.3) is 0 Å². The van der Waals surface area contributed by atoms with Gasteiger partial charge in [-0.1, -0.05) is 6.92 Å². The molecule has 4 heterocycles. The van der Waals surface area contributed by atoms with Crippen LogP contribution in [0.1, 0.15) is 41.0 Å². The van der Waals surface area contributed by atoms with Crippen LogP contribution >= 0.6 is 0 Å². The van der Waals surface area contributed by atoms with E-state index in [0.29, 0.717) is 6.42 Å². The smallest absolute Gasteiger partial charge is 0.335 e. The summed E-state index contributed by atoms with van der Waals surface area (Å²) >= 11 is 0. The van der Waals surface area contributed by atoms with Gasteiger partial charge in [0.1, 0.15) is 73.2 Å². The maximum absolute atomic E-state index is 12.5. The van der Waals surface area contributed by atoms with Crippen LogP contribution in [0.5, 0.6) is 0 Å². The highest BCUT2D eigenvalue weighted by Crippen LogP contribution is 2.35. The largest absolute Gasteiger partial charge is 0.479 e. The molecule has 0 aromatic heterocycles. The molecule has 22 nitrogen and oxygen atoms in total. The van der Waals surface area contributed by atoms with Gasteiger partial charge in [-0.2, -0.15) is 0 Å². The maximum atomic E-state index is 12.5. The van der Waals surface area contributed by atoms with Crippen LogP contribution in [0.4, 0.5) is 0 Å². The molecule has 4 aliphatic rings. The maximum Gasteiger partial charge on any atom is 0.335 e. The Bertz CT molecular complexity index is 1230. The third kappa shape index (κ3) is 9.78. The number of nitrogens with one attached hydrogen (secondary N) is 1. The summed E-state index contributed by atoms with van der Waals surface area (Å²) in [6.07, 6.45) is -32.0. The van der Waals surface area contributed by atoms with Gasteiger partial charge in [0.05, 0.1) is 18.8 Å². The standard InChI is InChI=1S/C31H51NO21/c1-6-7-45-28-14(32-11(4)34)22(17(38)13(8-33)49-28)50-29-20(41)19(40)24(26(53-29)27(43)44)51-31-25(18(39)15(36)9(2)47-31)52-30-21(42)23(48-12(5)35)16(37)10(3)46-30/h9-10,13-26,28-31,33,36-42H,6-8H2,1-5H3,(H,32,34)(H,43,44)/t9-,10-,13?,14?,15?,16?,17?,18?,19?,20?,21?,22?,23?,24?,25?,26?,28?,29?,30-,31-/m0/s1. The first-order chi connectivity index (χ1) is 24.9. The van der Waals surface area contributed by atoms with E-state index in [0.717, 1.165) is 13.8 Å². The van der Waals surface area contributed by atoms with Crippen LogP contribution in [-0.4, -0.2) is 200 Å². The molecule has 4 saturated heterocycles. The number of carboxylic acid groups (broad SMARTS) is 1. The van der Waals surface area contributed by atoms with Crippen molar-refractivity contribution in [3.05, 3.63) is 0 Å². The molecule has 53 heavy (non-hydrogen) atoms. The first kappa shape index (κ1) is 43.5. The molecule has 10 N–H and O–H groups in total. The molecule has 22 heteroatoms. The zero-order valence-corrected chi connectivity index (χ0v) is 29.6. The van der Waals surface area contributed by atoms with Crippen molar-refractivity contribution in [2.45, 2.75) is 164 Å². The van der Waals surface area contributed by atoms with Crippen LogP contribution in [-0.2, 0) is 57.0 Å². The van der Waals surface area contributed by atoms with Crippen molar-refractivity contribution in [3.63, 3.8) is 0 Å². The number of amides is 1. The lowest BCUT2D eigenvalue weighted by Crippen LogP contribution is -2.69. The topological polar surface area (TPSA) is 328 Å². The van der Waals surface area contributed by atoms with E-state index < -0.39 is 147 Å². The predicted octanol–water partition coefficient (Wildman–Crippen LogP) is -5.45. The summed E-state index contributed by atoms with van der Waals surface area (Å²) in [4.78, 5) is 36.3. The number of aliphatic carboxylic acids is 1. The number of esters is 1. The van der Waals surface area contributed by atoms with Gasteiger partial charge in [0, 0.05) is 20.5 Å². The molecule has 0 aromatic carbocycles. The molecule has 4 aliphatic heterocycles. The lowest BCUT2D eigenvalue weighted by atomic mass is 9.94. The molecule has 0 bridgehead atoms. The Kier molecular flexibility index (Phi) is 15.3. The number of hydrogen-bond acceptors (Lipinski definition) is 20. The molecular formula is C31H51NO21. The molecule has 0 radical (unpaired) electrons. The first-order valence-corrected chi connectivity index (χ1v) is 17.2. The minimum Gasteiger partial charge on any atom is -0.479 e. The van der Waals surface area contributed by atoms with E-state index in [1.54, 1.807) is 6.92 Å². The van der Waals surface area contributed by atoms with Gasteiger partial charge in [-0.05, 0) is 20.3 Å². The van der Waals surface area contributed by atoms with Crippen molar-refractivity contribution in [2.75, 3.05) is 13.2 Å². The van der Waals surface area contributed by atoms with Crippen LogP contribution in [0, 0.1) is 0 Å². The minimum absolute atomic E-state index is 0.126. The van der Waals surface area contributed by atoms with Gasteiger partial charge in [-0.15, -0.1) is 0 Å². The summed E-state index contributed by atoms with van der Waals surface area (Å²) in [7, 11) is 0. The molecule has 0 aliphatic carbocycles. The SMILES string of the molecule is CCCOC1OC(CO)C(O)C(OC2OC(C(=O)O)C(O[C@@H]3O[C@@H](C)C(O)C(O)C3O[C@@H]3O[C@@H](C)C(O)C(OC(C)=O)C3O)C(O)C2O)C1NC(C)=O. The lowest BCUT2D eigenvalue weighted by Gasteiger charge is -2.49. The normalized spacial score (nSPS) is 46.4. The Hall–Kier alpha value is -2.23. The zero-order valence-electron chi connectivity index (χ0n) is 29.6. The Balaban J connectivity index is 1.58. The van der Waals surface area contributed by atoms with E-state index in [1.807, 2.05) is 0 Å². The van der Waals surface area contributed by atoms with E-state index in [-0.39, 0.29) is 6.61 Å². The number of rotatable bonds is 13. The van der Waals surface area contributed by atoms with Crippen molar-refractivity contribution in [2.24, 2.45) is 0 Å². The van der Waals surface area contributed by atoms with Gasteiger partial charge in [0.15, 0.2) is 37.4 Å². The molecule has 306 valence electrons. The van der Waals surface area contributed by atoms with E-state index in [2.05, 4.69) is 5.32 Å². The highest BCUT2D eigenvalue weighted by atomic mass is 16.8. The van der Waals surface area contributed by atoms with Gasteiger partial charge in [-0.25, -0.2) is 4.79 Å². The summed E-state index contributed by atoms with van der Waals surface area (Å²) < 4.78 is 50.4. The number of carbonyl (C=O) groups excluding carboxylic acids is 2. The average Bonchev–Trinajstić information content (AvgIpc) is 3.09. The molecule has 0 aromatic rings. The Morgan fingerprint density at radius 2 is 1.21 bits per heavy atom. The second-order valence-electron chi connectivity index (χ2n) is 13.3. The second-order valence-corrected chi connectivity index (χ2v) is 13.3. The monoisotopic (exact) mass is 773 g/mol. The summed E-state index contributed by atoms with van der Waals surface area (Å²) in [6.45, 7) is 6.06. The van der Waals surface area contributed by atoms with Crippen molar-refractivity contribution in [1.29, 1.82) is 0 Å². The van der Waals surface area contributed by atoms with Crippen molar-refractivity contribution < 1.29 is 103 Å². The third-order valence-corrected chi connectivity index (χ3v) is 9.24. The molecule has 0 spiro atoms. The number of hydrogen-bond donors (Lipinski definition) is 10. The van der Waals surface area contributed by atoms with Crippen molar-refractivity contribution in [1.82, 2.24) is 5.32 Å². The van der Waals surface area contributed by atoms with E-state index in [1.165, 1.54) is 13.8 Å². The van der Waals surface area contributed by atoms with E-state index in [9.17, 15) is 60.3 Å². The molecule has 20 atom stereocenters. The molecule has 4 rings (SSSR count). The number of aliphatic hydroxyl groups is 8. The van der Waals surface area contributed by atoms with Crippen LogP contribution in [0.2, 0.25) is 0 Å². The van der Waals surface area contributed by atoms with Crippen LogP contribution in [0.3, 0.4) is 0 Å². The summed E-state index contributed by atoms with van der Waals surface area (Å²) in [6, 6.07) is -1.29. The predicted molar refractivity (Wildman–Crippen MR) is 167 cm³/mol. The summed E-state index contributed by atoms with van der Waals surface area (Å²) in [5.74, 6) is -3.22. The third-order valence-electron chi connectivity index (χ3n) is 9.24. The molecular weight excluding hydrogens is 722 g/mol. The molecule has 4 fully saturated rings. The minimum atomic E-state index is -2.17. The van der Waals surface area contributed by atoms with Crippen LogP contribution in [0.25, 0.3) is 0 Å². The zero-order chi connectivity index (χ0) is 39.5. The molecule has 1 amide bonds. The highest BCUT2D eigenvalue weighted by Gasteiger charge is 2.57. The number of carbonyl (C=O) groups is 3. The molecule has 16 unspecified atom stereocenters. The van der Waals surface area contributed by atoms with Gasteiger partial charge in [0.2, 0.25) is 5.91 Å². The second kappa shape index (κ2) is 18.6. The van der Waals surface area contributed by atoms with Crippen molar-refractivity contribution >= 4 is 17.8 Å². The quantitative estimate of drug-likeness (QED) is 0.0781. The Labute approximate surface area is 303 Å². The lowest BCUT2D eigenvalue weighted by molar-refractivity contribution is -0.387. The average molecular weight is 774 g/mol. The van der Waals surface area contributed by atoms with Gasteiger partial charge >= 0.3 is 11.9 Å². The number of carboxylic acids is 1. The first-order valence-electron chi connectivity index (χ1n) is 17.2. The Morgan fingerprint density at radius 1 is 0.642 bits per heavy atom. The highest BCUT2D eigenvalue weighted by molar-refractivity contribution is 5.74. The van der Waals surface area contributed by atoms with Gasteiger partial charge < -0.3 is 93.9 Å².